The molecule has 0 aromatic heterocycles. The second-order valence-corrected chi connectivity index (χ2v) is 8.78. The molecule has 0 heterocycles. The third-order valence-corrected chi connectivity index (χ3v) is 7.50. The van der Waals surface area contributed by atoms with Gasteiger partial charge in [-0.3, -0.25) is 0 Å². The lowest BCUT2D eigenvalue weighted by Gasteiger charge is -2.13. The molecule has 2 fully saturated rings. The Morgan fingerprint density at radius 1 is 0.688 bits per heavy atom. The van der Waals surface area contributed by atoms with Gasteiger partial charge in [0.2, 0.25) is 0 Å². The molecule has 0 aliphatic heterocycles. The minimum atomic E-state index is 0.804. The molecule has 0 spiro atoms. The van der Waals surface area contributed by atoms with Crippen LogP contribution in [0.25, 0.3) is 0 Å². The summed E-state index contributed by atoms with van der Waals surface area (Å²) in [5.74, 6) is 0. The van der Waals surface area contributed by atoms with Gasteiger partial charge in [0.1, 0.15) is 0 Å². The van der Waals surface area contributed by atoms with Crippen LogP contribution in [0, 0.1) is 0 Å². The van der Waals surface area contributed by atoms with Gasteiger partial charge in [-0.15, -0.1) is 48.8 Å². The molecule has 0 bridgehead atoms. The van der Waals surface area contributed by atoms with Crippen LogP contribution in [0.3, 0.4) is 0 Å². The summed E-state index contributed by atoms with van der Waals surface area (Å²) in [5.41, 5.74) is 0. The first-order valence-electron chi connectivity index (χ1n) is 6.21. The Bertz CT molecular complexity index is 224. The highest BCUT2D eigenvalue weighted by atomic mass is 32.2. The van der Waals surface area contributed by atoms with E-state index in [0.29, 0.717) is 0 Å². The molecule has 0 unspecified atom stereocenters. The van der Waals surface area contributed by atoms with Crippen LogP contribution in [0.15, 0.2) is 8.47 Å². The second kappa shape index (κ2) is 6.91. The van der Waals surface area contributed by atoms with Gasteiger partial charge in [-0.05, 0) is 25.7 Å². The van der Waals surface area contributed by atoms with Crippen molar-refractivity contribution >= 4 is 48.8 Å². The Labute approximate surface area is 119 Å². The smallest absolute Gasteiger partial charge is 0.0572 e. The van der Waals surface area contributed by atoms with Crippen LogP contribution in [0.1, 0.15) is 51.4 Å². The average Bonchev–Trinajstić information content (AvgIpc) is 2.90. The molecule has 2 aliphatic rings. The zero-order valence-corrected chi connectivity index (χ0v) is 12.9. The zero-order valence-electron chi connectivity index (χ0n) is 9.52. The fraction of sp³-hybridized carbons (Fsp3) is 0.833. The Kier molecular flexibility index (Phi) is 5.86. The summed E-state index contributed by atoms with van der Waals surface area (Å²) in [6.45, 7) is 0. The van der Waals surface area contributed by atoms with Gasteiger partial charge in [0.15, 0.2) is 0 Å². The van der Waals surface area contributed by atoms with Crippen molar-refractivity contribution in [1.29, 1.82) is 0 Å². The summed E-state index contributed by atoms with van der Waals surface area (Å²) in [6.07, 6.45) is 11.1. The topological polar surface area (TPSA) is 0 Å². The van der Waals surface area contributed by atoms with E-state index in [1.807, 2.05) is 23.5 Å². The van der Waals surface area contributed by atoms with Crippen molar-refractivity contribution in [3.8, 4) is 0 Å². The van der Waals surface area contributed by atoms with E-state index >= 15 is 0 Å². The first-order valence-corrected chi connectivity index (χ1v) is 8.86. The van der Waals surface area contributed by atoms with Crippen molar-refractivity contribution in [1.82, 2.24) is 0 Å². The highest BCUT2D eigenvalue weighted by Crippen LogP contribution is 2.43. The summed E-state index contributed by atoms with van der Waals surface area (Å²) in [4.78, 5) is 0. The molecule has 0 amide bonds. The van der Waals surface area contributed by atoms with Gasteiger partial charge in [0, 0.05) is 10.5 Å². The van der Waals surface area contributed by atoms with Crippen LogP contribution < -0.4 is 0 Å². The van der Waals surface area contributed by atoms with E-state index in [0.717, 1.165) is 19.0 Å². The summed E-state index contributed by atoms with van der Waals surface area (Å²) < 4.78 is 2.32. The normalized spacial score (nSPS) is 25.1. The maximum absolute atomic E-state index is 4.62. The van der Waals surface area contributed by atoms with Crippen LogP contribution in [0.4, 0.5) is 0 Å². The molecule has 0 atom stereocenters. The summed E-state index contributed by atoms with van der Waals surface area (Å²) in [6, 6.07) is 0. The fourth-order valence-corrected chi connectivity index (χ4v) is 5.90. The molecule has 0 nitrogen and oxygen atoms in total. The van der Waals surface area contributed by atoms with Crippen molar-refractivity contribution in [2.45, 2.75) is 61.9 Å². The van der Waals surface area contributed by atoms with Crippen molar-refractivity contribution < 1.29 is 0 Å². The van der Waals surface area contributed by atoms with E-state index in [2.05, 4.69) is 25.3 Å². The predicted molar refractivity (Wildman–Crippen MR) is 84.7 cm³/mol. The number of rotatable bonds is 4. The molecule has 0 aromatic rings. The van der Waals surface area contributed by atoms with E-state index in [-0.39, 0.29) is 0 Å². The molecule has 2 rings (SSSR count). The highest BCUT2D eigenvalue weighted by Gasteiger charge is 2.20. The van der Waals surface area contributed by atoms with Crippen LogP contribution in [-0.2, 0) is 0 Å². The molecule has 2 saturated carbocycles. The van der Waals surface area contributed by atoms with E-state index in [1.54, 1.807) is 0 Å². The molecule has 0 saturated heterocycles. The maximum atomic E-state index is 4.62. The first kappa shape index (κ1) is 13.6. The van der Waals surface area contributed by atoms with Gasteiger partial charge < -0.3 is 0 Å². The van der Waals surface area contributed by atoms with Crippen LogP contribution >= 0.6 is 48.8 Å². The Balaban J connectivity index is 1.81. The number of hydrogen-bond donors (Lipinski definition) is 2. The van der Waals surface area contributed by atoms with Gasteiger partial charge in [0.05, 0.1) is 8.47 Å². The van der Waals surface area contributed by atoms with E-state index in [4.69, 9.17) is 0 Å². The van der Waals surface area contributed by atoms with E-state index in [9.17, 15) is 0 Å². The molecule has 16 heavy (non-hydrogen) atoms. The Hall–Kier alpha value is 1.14. The van der Waals surface area contributed by atoms with E-state index < -0.39 is 0 Å². The van der Waals surface area contributed by atoms with Crippen molar-refractivity contribution in [3.05, 3.63) is 8.47 Å². The third-order valence-electron chi connectivity index (χ3n) is 3.34. The first-order chi connectivity index (χ1) is 7.75. The molecular formula is C12H20S4. The maximum Gasteiger partial charge on any atom is 0.0572 e. The number of thioether (sulfide) groups is 2. The summed E-state index contributed by atoms with van der Waals surface area (Å²) in [7, 11) is 0. The minimum Gasteiger partial charge on any atom is -0.135 e. The lowest BCUT2D eigenvalue weighted by Crippen LogP contribution is -1.95. The molecule has 4 heteroatoms. The molecular weight excluding hydrogens is 272 g/mol. The molecule has 0 aromatic carbocycles. The van der Waals surface area contributed by atoms with Gasteiger partial charge in [-0.25, -0.2) is 0 Å². The quantitative estimate of drug-likeness (QED) is 0.673. The molecule has 0 N–H and O–H groups in total. The van der Waals surface area contributed by atoms with Crippen molar-refractivity contribution in [2.75, 3.05) is 0 Å². The Morgan fingerprint density at radius 2 is 1.00 bits per heavy atom. The lowest BCUT2D eigenvalue weighted by atomic mass is 10.4. The predicted octanol–water partition coefficient (Wildman–Crippen LogP) is 5.32. The minimum absolute atomic E-state index is 0.804. The molecule has 2 aliphatic carbocycles. The standard InChI is InChI=1S/C12H20S4/c13-11(15-9-5-1-2-6-9)12(14)16-10-7-3-4-8-10/h9-10,13-14H,1-8H2/b12-11-. The van der Waals surface area contributed by atoms with Gasteiger partial charge in [0.25, 0.3) is 0 Å². The van der Waals surface area contributed by atoms with Gasteiger partial charge in [-0.1, -0.05) is 25.7 Å². The SMILES string of the molecule is S/C(SC1CCCC1)=C(\S)SC1CCCC1. The van der Waals surface area contributed by atoms with Crippen LogP contribution in [0.5, 0.6) is 0 Å². The van der Waals surface area contributed by atoms with Gasteiger partial charge in [-0.2, -0.15) is 0 Å². The highest BCUT2D eigenvalue weighted by molar-refractivity contribution is 8.21. The zero-order chi connectivity index (χ0) is 11.4. The summed E-state index contributed by atoms with van der Waals surface area (Å²) in [5, 5.41) is 1.61. The summed E-state index contributed by atoms with van der Waals surface area (Å²) >= 11 is 13.1. The average molecular weight is 293 g/mol. The fourth-order valence-electron chi connectivity index (χ4n) is 2.43. The molecule has 0 radical (unpaired) electrons. The molecule has 92 valence electrons. The second-order valence-electron chi connectivity index (χ2n) is 4.66. The van der Waals surface area contributed by atoms with Crippen LogP contribution in [0.2, 0.25) is 0 Å². The number of hydrogen-bond acceptors (Lipinski definition) is 4. The van der Waals surface area contributed by atoms with Crippen molar-refractivity contribution in [2.24, 2.45) is 0 Å². The monoisotopic (exact) mass is 292 g/mol. The van der Waals surface area contributed by atoms with Crippen LogP contribution in [-0.4, -0.2) is 10.5 Å². The lowest BCUT2D eigenvalue weighted by molar-refractivity contribution is 0.886. The Morgan fingerprint density at radius 3 is 1.31 bits per heavy atom. The van der Waals surface area contributed by atoms with Crippen molar-refractivity contribution in [3.63, 3.8) is 0 Å². The largest absolute Gasteiger partial charge is 0.135 e. The third kappa shape index (κ3) is 4.11. The number of thiol groups is 2. The van der Waals surface area contributed by atoms with E-state index in [1.165, 1.54) is 51.4 Å². The van der Waals surface area contributed by atoms with Gasteiger partial charge >= 0.3 is 0 Å².